The number of hydrogen-bond acceptors (Lipinski definition) is 2. The number of rotatable bonds is 1. The molecule has 0 radical (unpaired) electrons. The summed E-state index contributed by atoms with van der Waals surface area (Å²) in [5.74, 6) is 0.371. The molecule has 2 unspecified atom stereocenters. The summed E-state index contributed by atoms with van der Waals surface area (Å²) in [6.45, 7) is 1.52. The normalized spacial score (nSPS) is 29.4. The topological polar surface area (TPSA) is 46.2 Å². The molecule has 1 saturated carbocycles. The second-order valence-electron chi connectivity index (χ2n) is 4.20. The predicted octanol–water partition coefficient (Wildman–Crippen LogP) is 1.36. The Bertz CT molecular complexity index is 355. The average molecular weight is 205 g/mol. The van der Waals surface area contributed by atoms with Gasteiger partial charge >= 0.3 is 0 Å². The molecular weight excluding hydrogens is 190 g/mol. The molecule has 3 heteroatoms. The van der Waals surface area contributed by atoms with E-state index in [-0.39, 0.29) is 17.7 Å². The summed E-state index contributed by atoms with van der Waals surface area (Å²) in [5, 5.41) is 2.91. The van der Waals surface area contributed by atoms with Gasteiger partial charge in [0, 0.05) is 12.8 Å². The van der Waals surface area contributed by atoms with Crippen LogP contribution in [0.15, 0.2) is 23.8 Å². The summed E-state index contributed by atoms with van der Waals surface area (Å²) in [7, 11) is 0. The highest BCUT2D eigenvalue weighted by Gasteiger charge is 2.28. The fourth-order valence-corrected chi connectivity index (χ4v) is 2.37. The van der Waals surface area contributed by atoms with Crippen molar-refractivity contribution in [1.82, 2.24) is 5.32 Å². The van der Waals surface area contributed by atoms with Gasteiger partial charge in [0.15, 0.2) is 5.78 Å². The van der Waals surface area contributed by atoms with E-state index in [4.69, 9.17) is 0 Å². The minimum atomic E-state index is -0.0245. The molecule has 2 rings (SSSR count). The van der Waals surface area contributed by atoms with Crippen molar-refractivity contribution in [1.29, 1.82) is 0 Å². The molecule has 1 N–H and O–H groups in total. The summed E-state index contributed by atoms with van der Waals surface area (Å²) in [5.41, 5.74) is 1.09. The van der Waals surface area contributed by atoms with Crippen molar-refractivity contribution in [2.75, 3.05) is 0 Å². The third kappa shape index (κ3) is 2.17. The first-order chi connectivity index (χ1) is 7.16. The van der Waals surface area contributed by atoms with Crippen molar-refractivity contribution in [3.63, 3.8) is 0 Å². The summed E-state index contributed by atoms with van der Waals surface area (Å²) >= 11 is 0. The van der Waals surface area contributed by atoms with Gasteiger partial charge in [-0.2, -0.15) is 0 Å². The van der Waals surface area contributed by atoms with Crippen LogP contribution in [0.2, 0.25) is 0 Å². The molecule has 0 aromatic rings. The van der Waals surface area contributed by atoms with Gasteiger partial charge < -0.3 is 5.32 Å². The monoisotopic (exact) mass is 205 g/mol. The van der Waals surface area contributed by atoms with Crippen molar-refractivity contribution < 1.29 is 9.59 Å². The molecule has 0 aliphatic heterocycles. The average Bonchev–Trinajstić information content (AvgIpc) is 2.18. The molecule has 0 bridgehead atoms. The summed E-state index contributed by atoms with van der Waals surface area (Å²) < 4.78 is 0. The third-order valence-electron chi connectivity index (χ3n) is 3.02. The summed E-state index contributed by atoms with van der Waals surface area (Å²) in [6, 6.07) is 0.0650. The van der Waals surface area contributed by atoms with Gasteiger partial charge in [0.25, 0.3) is 0 Å². The largest absolute Gasteiger partial charge is 0.350 e. The van der Waals surface area contributed by atoms with E-state index in [0.29, 0.717) is 5.92 Å². The Hall–Kier alpha value is -1.38. The van der Waals surface area contributed by atoms with E-state index in [1.165, 1.54) is 6.92 Å². The number of allylic oxidation sites excluding steroid dienone is 3. The fraction of sp³-hybridized carbons (Fsp3) is 0.500. The number of ketones is 1. The van der Waals surface area contributed by atoms with Gasteiger partial charge in [-0.15, -0.1) is 0 Å². The minimum absolute atomic E-state index is 0.0245. The number of carbonyl (C=O) groups excluding carboxylic acids is 2. The summed E-state index contributed by atoms with van der Waals surface area (Å²) in [6.07, 6.45) is 8.42. The van der Waals surface area contributed by atoms with Gasteiger partial charge in [-0.25, -0.2) is 0 Å². The first kappa shape index (κ1) is 10.1. The SMILES string of the molecule is CC(=O)NC1CCCC2C=CC(=O)C=C21. The van der Waals surface area contributed by atoms with Crippen LogP contribution in [0.4, 0.5) is 0 Å². The van der Waals surface area contributed by atoms with Gasteiger partial charge in [-0.05, 0) is 30.6 Å². The molecule has 0 aromatic carbocycles. The molecule has 0 spiro atoms. The van der Waals surface area contributed by atoms with Crippen LogP contribution in [0.25, 0.3) is 0 Å². The van der Waals surface area contributed by atoms with Crippen molar-refractivity contribution in [3.05, 3.63) is 23.8 Å². The Kier molecular flexibility index (Phi) is 2.71. The van der Waals surface area contributed by atoms with Crippen LogP contribution in [-0.2, 0) is 9.59 Å². The zero-order valence-electron chi connectivity index (χ0n) is 8.82. The molecular formula is C12H15NO2. The van der Waals surface area contributed by atoms with E-state index < -0.39 is 0 Å². The predicted molar refractivity (Wildman–Crippen MR) is 57.2 cm³/mol. The highest BCUT2D eigenvalue weighted by atomic mass is 16.1. The Balaban J connectivity index is 2.18. The molecule has 0 aromatic heterocycles. The van der Waals surface area contributed by atoms with E-state index in [0.717, 1.165) is 24.8 Å². The Labute approximate surface area is 89.2 Å². The zero-order valence-corrected chi connectivity index (χ0v) is 8.82. The lowest BCUT2D eigenvalue weighted by Gasteiger charge is -2.32. The maximum Gasteiger partial charge on any atom is 0.217 e. The number of amides is 1. The first-order valence-corrected chi connectivity index (χ1v) is 5.37. The number of nitrogens with one attached hydrogen (secondary N) is 1. The van der Waals surface area contributed by atoms with Crippen LogP contribution in [-0.4, -0.2) is 17.7 Å². The molecule has 1 fully saturated rings. The number of hydrogen-bond donors (Lipinski definition) is 1. The molecule has 80 valence electrons. The molecule has 0 saturated heterocycles. The Morgan fingerprint density at radius 3 is 3.00 bits per heavy atom. The lowest BCUT2D eigenvalue weighted by atomic mass is 9.78. The second kappa shape index (κ2) is 4.01. The zero-order chi connectivity index (χ0) is 10.8. The van der Waals surface area contributed by atoms with E-state index in [1.807, 2.05) is 6.08 Å². The number of fused-ring (bicyclic) bond motifs is 1. The van der Waals surface area contributed by atoms with Crippen molar-refractivity contribution in [2.24, 2.45) is 5.92 Å². The van der Waals surface area contributed by atoms with Crippen molar-refractivity contribution in [3.8, 4) is 0 Å². The molecule has 2 aliphatic carbocycles. The second-order valence-corrected chi connectivity index (χ2v) is 4.20. The van der Waals surface area contributed by atoms with E-state index in [9.17, 15) is 9.59 Å². The van der Waals surface area contributed by atoms with Crippen LogP contribution in [0, 0.1) is 5.92 Å². The maximum atomic E-state index is 11.3. The lowest BCUT2D eigenvalue weighted by Crippen LogP contribution is -2.39. The highest BCUT2D eigenvalue weighted by Crippen LogP contribution is 2.32. The van der Waals surface area contributed by atoms with Gasteiger partial charge in [0.2, 0.25) is 5.91 Å². The third-order valence-corrected chi connectivity index (χ3v) is 3.02. The molecule has 2 atom stereocenters. The van der Waals surface area contributed by atoms with Crippen LogP contribution >= 0.6 is 0 Å². The van der Waals surface area contributed by atoms with E-state index >= 15 is 0 Å². The van der Waals surface area contributed by atoms with Crippen LogP contribution in [0.1, 0.15) is 26.2 Å². The Morgan fingerprint density at radius 1 is 1.47 bits per heavy atom. The highest BCUT2D eigenvalue weighted by molar-refractivity contribution is 6.01. The lowest BCUT2D eigenvalue weighted by molar-refractivity contribution is -0.119. The van der Waals surface area contributed by atoms with Crippen molar-refractivity contribution in [2.45, 2.75) is 32.2 Å². The van der Waals surface area contributed by atoms with Crippen LogP contribution < -0.4 is 5.32 Å². The van der Waals surface area contributed by atoms with Crippen LogP contribution in [0.3, 0.4) is 0 Å². The standard InChI is InChI=1S/C12H15NO2/c1-8(14)13-12-4-2-3-9-5-6-10(15)7-11(9)12/h5-7,9,12H,2-4H2,1H3,(H,13,14). The smallest absolute Gasteiger partial charge is 0.217 e. The van der Waals surface area contributed by atoms with Gasteiger partial charge in [-0.1, -0.05) is 12.5 Å². The molecule has 0 heterocycles. The Morgan fingerprint density at radius 2 is 2.27 bits per heavy atom. The van der Waals surface area contributed by atoms with Gasteiger partial charge in [0.05, 0.1) is 6.04 Å². The molecule has 2 aliphatic rings. The first-order valence-electron chi connectivity index (χ1n) is 5.37. The van der Waals surface area contributed by atoms with E-state index in [2.05, 4.69) is 5.32 Å². The summed E-state index contributed by atoms with van der Waals surface area (Å²) in [4.78, 5) is 22.3. The fourth-order valence-electron chi connectivity index (χ4n) is 2.37. The molecule has 1 amide bonds. The van der Waals surface area contributed by atoms with Gasteiger partial charge in [0.1, 0.15) is 0 Å². The molecule has 3 nitrogen and oxygen atoms in total. The quantitative estimate of drug-likeness (QED) is 0.702. The number of carbonyl (C=O) groups is 2. The molecule has 15 heavy (non-hydrogen) atoms. The van der Waals surface area contributed by atoms with E-state index in [1.54, 1.807) is 12.2 Å². The maximum absolute atomic E-state index is 11.3. The van der Waals surface area contributed by atoms with Crippen molar-refractivity contribution >= 4 is 11.7 Å². The minimum Gasteiger partial charge on any atom is -0.350 e. The van der Waals surface area contributed by atoms with Crippen LogP contribution in [0.5, 0.6) is 0 Å². The van der Waals surface area contributed by atoms with Gasteiger partial charge in [-0.3, -0.25) is 9.59 Å².